The fourth-order valence-corrected chi connectivity index (χ4v) is 4.67. The first-order chi connectivity index (χ1) is 16.1. The number of amides is 1. The average molecular weight is 529 g/mol. The van der Waals surface area contributed by atoms with Crippen molar-refractivity contribution in [2.75, 3.05) is 11.1 Å². The lowest BCUT2D eigenvalue weighted by molar-refractivity contribution is -0.137. The molecule has 0 spiro atoms. The topological polar surface area (TPSA) is 85.6 Å². The largest absolute Gasteiger partial charge is 0.416 e. The minimum Gasteiger partial charge on any atom is -0.324 e. The fraction of sp³-hybridized carbons (Fsp3) is 0.286. The molecule has 0 bridgehead atoms. The molecule has 0 radical (unpaired) electrons. The molecular formula is C21H20ClF3N6OS2. The number of hydrogen-bond acceptors (Lipinski definition) is 7. The molecule has 0 fully saturated rings. The van der Waals surface area contributed by atoms with E-state index in [9.17, 15) is 18.0 Å². The third kappa shape index (κ3) is 6.97. The monoisotopic (exact) mass is 528 g/mol. The SMILES string of the molecule is C=CCn1c(CSc2nc(C)cc(C)n2)nnc1SCC(=O)Nc1cc(C(F)(F)F)ccc1Cl. The lowest BCUT2D eigenvalue weighted by atomic mass is 10.2. The van der Waals surface area contributed by atoms with Gasteiger partial charge in [0.25, 0.3) is 0 Å². The molecule has 180 valence electrons. The number of rotatable bonds is 9. The van der Waals surface area contributed by atoms with Crippen LogP contribution in [0.4, 0.5) is 18.9 Å². The van der Waals surface area contributed by atoms with Crippen LogP contribution < -0.4 is 5.32 Å². The van der Waals surface area contributed by atoms with Gasteiger partial charge < -0.3 is 9.88 Å². The van der Waals surface area contributed by atoms with Gasteiger partial charge in [0.1, 0.15) is 5.82 Å². The third-order valence-corrected chi connectivity index (χ3v) is 6.44. The van der Waals surface area contributed by atoms with Crippen LogP contribution in [0, 0.1) is 13.8 Å². The predicted octanol–water partition coefficient (Wildman–Crippen LogP) is 5.57. The van der Waals surface area contributed by atoms with E-state index in [2.05, 4.69) is 32.1 Å². The molecule has 1 N–H and O–H groups in total. The van der Waals surface area contributed by atoms with E-state index in [0.29, 0.717) is 28.4 Å². The molecule has 34 heavy (non-hydrogen) atoms. The van der Waals surface area contributed by atoms with Crippen LogP contribution in [-0.2, 0) is 23.3 Å². The minimum absolute atomic E-state index is 0.00842. The van der Waals surface area contributed by atoms with Crippen LogP contribution in [0.5, 0.6) is 0 Å². The predicted molar refractivity (Wildman–Crippen MR) is 127 cm³/mol. The minimum atomic E-state index is -4.55. The summed E-state index contributed by atoms with van der Waals surface area (Å²) in [6.45, 7) is 7.95. The van der Waals surface area contributed by atoms with Gasteiger partial charge in [-0.1, -0.05) is 41.2 Å². The molecule has 7 nitrogen and oxygen atoms in total. The molecule has 1 amide bonds. The zero-order valence-electron chi connectivity index (χ0n) is 18.2. The smallest absolute Gasteiger partial charge is 0.324 e. The summed E-state index contributed by atoms with van der Waals surface area (Å²) in [7, 11) is 0. The van der Waals surface area contributed by atoms with Gasteiger partial charge in [-0.25, -0.2) is 9.97 Å². The van der Waals surface area contributed by atoms with Gasteiger partial charge in [0.2, 0.25) is 5.91 Å². The molecule has 2 aromatic heterocycles. The van der Waals surface area contributed by atoms with E-state index < -0.39 is 17.6 Å². The van der Waals surface area contributed by atoms with Crippen LogP contribution in [0.1, 0.15) is 22.8 Å². The summed E-state index contributed by atoms with van der Waals surface area (Å²) >= 11 is 8.46. The molecule has 1 aromatic carbocycles. The summed E-state index contributed by atoms with van der Waals surface area (Å²) < 4.78 is 40.6. The average Bonchev–Trinajstić information content (AvgIpc) is 3.13. The Kier molecular flexibility index (Phi) is 8.61. The van der Waals surface area contributed by atoms with Gasteiger partial charge in [0.05, 0.1) is 27.8 Å². The zero-order valence-corrected chi connectivity index (χ0v) is 20.6. The molecule has 0 saturated heterocycles. The van der Waals surface area contributed by atoms with Gasteiger partial charge in [0, 0.05) is 17.9 Å². The van der Waals surface area contributed by atoms with Crippen molar-refractivity contribution in [3.63, 3.8) is 0 Å². The molecular weight excluding hydrogens is 509 g/mol. The van der Waals surface area contributed by atoms with Crippen molar-refractivity contribution in [2.45, 2.75) is 42.6 Å². The van der Waals surface area contributed by atoms with Gasteiger partial charge in [-0.2, -0.15) is 13.2 Å². The molecule has 0 atom stereocenters. The third-order valence-electron chi connectivity index (χ3n) is 4.30. The van der Waals surface area contributed by atoms with E-state index in [-0.39, 0.29) is 16.5 Å². The maximum absolute atomic E-state index is 12.9. The summed E-state index contributed by atoms with van der Waals surface area (Å²) in [6, 6.07) is 4.64. The van der Waals surface area contributed by atoms with Crippen molar-refractivity contribution in [2.24, 2.45) is 0 Å². The highest BCUT2D eigenvalue weighted by Gasteiger charge is 2.31. The molecule has 0 saturated carbocycles. The van der Waals surface area contributed by atoms with Gasteiger partial charge in [0.15, 0.2) is 10.3 Å². The van der Waals surface area contributed by atoms with Crippen LogP contribution in [0.2, 0.25) is 5.02 Å². The first-order valence-corrected chi connectivity index (χ1v) is 12.2. The second-order valence-electron chi connectivity index (χ2n) is 7.05. The number of carbonyl (C=O) groups excluding carboxylic acids is 1. The number of halogens is 4. The number of hydrogen-bond donors (Lipinski definition) is 1. The Morgan fingerprint density at radius 1 is 1.18 bits per heavy atom. The highest BCUT2D eigenvalue weighted by molar-refractivity contribution is 7.99. The zero-order chi connectivity index (χ0) is 24.9. The van der Waals surface area contributed by atoms with E-state index >= 15 is 0 Å². The standard InChI is InChI=1S/C21H20ClF3N6OS2/c1-4-7-31-17(10-33-19-26-12(2)8-13(3)27-19)29-30-20(31)34-11-18(32)28-16-9-14(21(23,24)25)5-6-15(16)22/h4-6,8-9H,1,7,10-11H2,2-3H3,(H,28,32). The van der Waals surface area contributed by atoms with Crippen molar-refractivity contribution in [3.8, 4) is 0 Å². The number of nitrogens with one attached hydrogen (secondary N) is 1. The number of nitrogens with zero attached hydrogens (tertiary/aromatic N) is 5. The second kappa shape index (κ2) is 11.2. The Bertz CT molecular complexity index is 1180. The van der Waals surface area contributed by atoms with E-state index in [1.54, 1.807) is 10.6 Å². The lowest BCUT2D eigenvalue weighted by Crippen LogP contribution is -2.16. The Hall–Kier alpha value is -2.57. The first kappa shape index (κ1) is 26.0. The molecule has 3 rings (SSSR count). The number of carbonyl (C=O) groups is 1. The highest BCUT2D eigenvalue weighted by atomic mass is 35.5. The number of aromatic nitrogens is 5. The number of aryl methyl sites for hydroxylation is 2. The second-order valence-corrected chi connectivity index (χ2v) is 9.34. The Morgan fingerprint density at radius 3 is 2.53 bits per heavy atom. The van der Waals surface area contributed by atoms with Crippen molar-refractivity contribution < 1.29 is 18.0 Å². The van der Waals surface area contributed by atoms with Crippen LogP contribution in [0.15, 0.2) is 47.2 Å². The van der Waals surface area contributed by atoms with Crippen LogP contribution in [0.25, 0.3) is 0 Å². The number of alkyl halides is 3. The maximum atomic E-state index is 12.9. The number of benzene rings is 1. The summed E-state index contributed by atoms with van der Waals surface area (Å²) in [5.41, 5.74) is 0.720. The summed E-state index contributed by atoms with van der Waals surface area (Å²) in [6.07, 6.45) is -2.87. The van der Waals surface area contributed by atoms with Crippen molar-refractivity contribution in [1.82, 2.24) is 24.7 Å². The fourth-order valence-electron chi connectivity index (χ4n) is 2.85. The molecule has 2 heterocycles. The van der Waals surface area contributed by atoms with E-state index in [4.69, 9.17) is 11.6 Å². The number of anilines is 1. The number of allylic oxidation sites excluding steroid dienone is 1. The van der Waals surface area contributed by atoms with Gasteiger partial charge in [-0.3, -0.25) is 4.79 Å². The normalized spacial score (nSPS) is 11.5. The van der Waals surface area contributed by atoms with Crippen molar-refractivity contribution in [3.05, 3.63) is 64.7 Å². The van der Waals surface area contributed by atoms with Gasteiger partial charge in [-0.15, -0.1) is 16.8 Å². The first-order valence-electron chi connectivity index (χ1n) is 9.84. The van der Waals surface area contributed by atoms with Crippen LogP contribution >= 0.6 is 35.1 Å². The summed E-state index contributed by atoms with van der Waals surface area (Å²) in [5, 5.41) is 11.9. The molecule has 0 aliphatic heterocycles. The molecule has 0 aliphatic carbocycles. The Balaban J connectivity index is 1.66. The van der Waals surface area contributed by atoms with Gasteiger partial charge >= 0.3 is 6.18 Å². The van der Waals surface area contributed by atoms with Crippen molar-refractivity contribution in [1.29, 1.82) is 0 Å². The van der Waals surface area contributed by atoms with E-state index in [0.717, 1.165) is 41.3 Å². The van der Waals surface area contributed by atoms with Crippen LogP contribution in [-0.4, -0.2) is 36.4 Å². The summed E-state index contributed by atoms with van der Waals surface area (Å²) in [4.78, 5) is 21.2. The van der Waals surface area contributed by atoms with E-state index in [1.165, 1.54) is 11.8 Å². The molecule has 0 unspecified atom stereocenters. The van der Waals surface area contributed by atoms with Gasteiger partial charge in [-0.05, 0) is 38.1 Å². The Morgan fingerprint density at radius 2 is 1.88 bits per heavy atom. The summed E-state index contributed by atoms with van der Waals surface area (Å²) in [5.74, 6) is 0.473. The lowest BCUT2D eigenvalue weighted by Gasteiger charge is -2.12. The maximum Gasteiger partial charge on any atom is 0.416 e. The quantitative estimate of drug-likeness (QED) is 0.221. The molecule has 13 heteroatoms. The highest BCUT2D eigenvalue weighted by Crippen LogP contribution is 2.34. The van der Waals surface area contributed by atoms with Crippen molar-refractivity contribution >= 4 is 46.7 Å². The molecule has 3 aromatic rings. The van der Waals surface area contributed by atoms with E-state index in [1.807, 2.05) is 19.9 Å². The Labute approximate surface area is 207 Å². The molecule has 0 aliphatic rings. The number of thioether (sulfide) groups is 2. The van der Waals surface area contributed by atoms with Crippen LogP contribution in [0.3, 0.4) is 0 Å².